The van der Waals surface area contributed by atoms with Gasteiger partial charge in [-0.1, -0.05) is 18.2 Å². The Balaban J connectivity index is 0.000000534. The van der Waals surface area contributed by atoms with Crippen molar-refractivity contribution in [1.82, 2.24) is 15.1 Å². The zero-order valence-electron chi connectivity index (χ0n) is 17.9. The molecule has 2 N–H and O–H groups in total. The van der Waals surface area contributed by atoms with Gasteiger partial charge in [-0.3, -0.25) is 4.79 Å². The zero-order chi connectivity index (χ0) is 21.9. The van der Waals surface area contributed by atoms with Gasteiger partial charge in [-0.25, -0.2) is 4.68 Å². The van der Waals surface area contributed by atoms with Gasteiger partial charge >= 0.3 is 23.0 Å². The number of nitrogens with zero attached hydrogens (tertiary/aromatic N) is 2. The van der Waals surface area contributed by atoms with Gasteiger partial charge in [-0.2, -0.15) is 16.9 Å². The van der Waals surface area contributed by atoms with E-state index in [1.807, 2.05) is 105 Å². The summed E-state index contributed by atoms with van der Waals surface area (Å²) >= 11 is 1.65. The van der Waals surface area contributed by atoms with Crippen molar-refractivity contribution in [1.29, 1.82) is 0 Å². The zero-order valence-corrected chi connectivity index (χ0v) is 19.8. The first-order chi connectivity index (χ1) is 15.2. The van der Waals surface area contributed by atoms with Gasteiger partial charge in [0.25, 0.3) is 0 Å². The fourth-order valence-corrected chi connectivity index (χ4v) is 3.60. The number of rotatable bonds is 9. The predicted octanol–water partition coefficient (Wildman–Crippen LogP) is 3.94. The number of aromatic nitrogens is 2. The van der Waals surface area contributed by atoms with Gasteiger partial charge in [-0.15, -0.1) is 0 Å². The number of carboxylic acid groups (broad SMARTS) is 1. The Labute approximate surface area is 207 Å². The second-order valence-corrected chi connectivity index (χ2v) is 7.96. The largest absolute Gasteiger partial charge is 2.00 e. The minimum Gasteiger partial charge on any atom is -0.480 e. The summed E-state index contributed by atoms with van der Waals surface area (Å²) in [6.07, 6.45) is 22.5. The van der Waals surface area contributed by atoms with Crippen LogP contribution in [0.4, 0.5) is 0 Å². The van der Waals surface area contributed by atoms with Crippen LogP contribution in [0.1, 0.15) is 17.7 Å². The van der Waals surface area contributed by atoms with Crippen LogP contribution in [-0.4, -0.2) is 38.9 Å². The Morgan fingerprint density at radius 1 is 1.06 bits per heavy atom. The number of carbonyl (C=O) groups is 1. The van der Waals surface area contributed by atoms with E-state index in [1.165, 1.54) is 0 Å². The van der Waals surface area contributed by atoms with Crippen LogP contribution < -0.4 is 5.32 Å². The molecule has 1 atom stereocenters. The third-order valence-corrected chi connectivity index (χ3v) is 5.39. The van der Waals surface area contributed by atoms with Crippen molar-refractivity contribution in [3.05, 3.63) is 111 Å². The molecule has 0 bridgehead atoms. The summed E-state index contributed by atoms with van der Waals surface area (Å²) in [5.74, 6) is 1.03. The van der Waals surface area contributed by atoms with Crippen molar-refractivity contribution in [2.45, 2.75) is 19.0 Å². The van der Waals surface area contributed by atoms with E-state index in [0.717, 1.165) is 28.6 Å². The molecule has 2 aliphatic rings. The van der Waals surface area contributed by atoms with Gasteiger partial charge in [0.15, 0.2) is 0 Å². The molecule has 5 nitrogen and oxygen atoms in total. The smallest absolute Gasteiger partial charge is 0.480 e. The number of hydrogen-bond donors (Lipinski definition) is 2. The van der Waals surface area contributed by atoms with Gasteiger partial charge in [0.05, 0.1) is 11.4 Å². The first kappa shape index (κ1) is 27.0. The van der Waals surface area contributed by atoms with Gasteiger partial charge in [0.2, 0.25) is 0 Å². The molecule has 0 unspecified atom stereocenters. The third-order valence-electron chi connectivity index (χ3n) is 4.75. The third kappa shape index (κ3) is 8.26. The van der Waals surface area contributed by atoms with Gasteiger partial charge in [-0.05, 0) is 88.3 Å². The predicted molar refractivity (Wildman–Crippen MR) is 126 cm³/mol. The molecule has 0 amide bonds. The summed E-state index contributed by atoms with van der Waals surface area (Å²) in [5.41, 5.74) is 2.83. The van der Waals surface area contributed by atoms with Crippen LogP contribution in [0, 0.1) is 63.7 Å². The maximum Gasteiger partial charge on any atom is 2.00 e. The molecule has 2 aliphatic carbocycles. The van der Waals surface area contributed by atoms with E-state index in [4.69, 9.17) is 5.10 Å². The van der Waals surface area contributed by atoms with Crippen LogP contribution in [0.25, 0.3) is 5.69 Å². The Kier molecular flexibility index (Phi) is 12.5. The summed E-state index contributed by atoms with van der Waals surface area (Å²) in [6.45, 7) is 0.457. The van der Waals surface area contributed by atoms with Crippen molar-refractivity contribution in [3.63, 3.8) is 0 Å². The van der Waals surface area contributed by atoms with Crippen molar-refractivity contribution in [2.75, 3.05) is 12.0 Å². The number of thioether (sulfide) groups is 1. The van der Waals surface area contributed by atoms with E-state index in [1.54, 1.807) is 11.8 Å². The first-order valence-corrected chi connectivity index (χ1v) is 11.6. The molecule has 10 radical (unpaired) electrons. The van der Waals surface area contributed by atoms with Crippen LogP contribution in [0.5, 0.6) is 0 Å². The maximum absolute atomic E-state index is 11.5. The monoisotopic (exact) mass is 489 g/mol. The molecule has 1 aromatic carbocycles. The number of benzene rings is 1. The van der Waals surface area contributed by atoms with E-state index < -0.39 is 12.0 Å². The van der Waals surface area contributed by atoms with Crippen LogP contribution in [-0.2, 0) is 28.4 Å². The molecule has 32 heavy (non-hydrogen) atoms. The molecule has 4 rings (SSSR count). The Morgan fingerprint density at radius 2 is 1.69 bits per heavy atom. The van der Waals surface area contributed by atoms with E-state index in [-0.39, 0.29) is 17.1 Å². The van der Waals surface area contributed by atoms with Crippen molar-refractivity contribution in [2.24, 2.45) is 0 Å². The topological polar surface area (TPSA) is 67.2 Å². The van der Waals surface area contributed by atoms with E-state index in [9.17, 15) is 9.90 Å². The summed E-state index contributed by atoms with van der Waals surface area (Å²) in [5, 5.41) is 17.3. The van der Waals surface area contributed by atoms with Crippen molar-refractivity contribution in [3.8, 4) is 5.69 Å². The normalized spacial score (nSPS) is 16.8. The molecule has 0 spiro atoms. The quantitative estimate of drug-likeness (QED) is 0.523. The van der Waals surface area contributed by atoms with E-state index in [2.05, 4.69) is 5.32 Å². The van der Waals surface area contributed by atoms with Crippen molar-refractivity contribution < 1.29 is 27.0 Å². The van der Waals surface area contributed by atoms with Gasteiger partial charge < -0.3 is 10.4 Å². The number of nitrogens with one attached hydrogen (secondary N) is 1. The van der Waals surface area contributed by atoms with Gasteiger partial charge in [0, 0.05) is 24.2 Å². The second-order valence-electron chi connectivity index (χ2n) is 6.97. The second kappa shape index (κ2) is 14.8. The molecule has 1 heterocycles. The number of para-hydroxylation sites is 1. The molecule has 0 saturated heterocycles. The molecule has 1 aromatic heterocycles. The van der Waals surface area contributed by atoms with Crippen LogP contribution >= 0.6 is 11.8 Å². The molecule has 166 valence electrons. The number of aliphatic carboxylic acids is 1. The molecule has 0 aliphatic heterocycles. The summed E-state index contributed by atoms with van der Waals surface area (Å²) < 4.78 is 1.84. The van der Waals surface area contributed by atoms with E-state index >= 15 is 0 Å². The number of hydrogen-bond acceptors (Lipinski definition) is 4. The van der Waals surface area contributed by atoms with Crippen LogP contribution in [0.2, 0.25) is 0 Å². The summed E-state index contributed by atoms with van der Waals surface area (Å²) in [7, 11) is 0. The molecule has 2 aromatic rings. The molecule has 7 heteroatoms. The van der Waals surface area contributed by atoms with Crippen LogP contribution in [0.3, 0.4) is 0 Å². The average molecular weight is 489 g/mol. The molecular weight excluding hydrogens is 462 g/mol. The standard InChI is InChI=1S/C20H22N3O2S.C5H5.Fe/c1-26-12-11-18(20(24)25)21-13-16-14-23(17-9-3-2-4-10-17)22-19(16)15-7-5-6-8-15;1-2-4-5-3-1;/h2-10,14,18,21H,11-13H2,1H3,(H,24,25);1-5H;/q;;+2/t18-;;/m0../s1. The summed E-state index contributed by atoms with van der Waals surface area (Å²) in [4.78, 5) is 11.5. The molecule has 2 saturated carbocycles. The Hall–Kier alpha value is -1.27. The first-order valence-electron chi connectivity index (χ1n) is 10.2. The average Bonchev–Trinajstić information content (AvgIpc) is 3.57. The Morgan fingerprint density at radius 3 is 2.25 bits per heavy atom. The van der Waals surface area contributed by atoms with Crippen molar-refractivity contribution >= 4 is 17.7 Å². The van der Waals surface area contributed by atoms with Crippen LogP contribution in [0.15, 0.2) is 36.5 Å². The fraction of sp³-hybridized carbons (Fsp3) is 0.200. The SMILES string of the molecule is CSCC[C@H](NCc1cn(-c2ccccc2)nc1[C]1[CH][CH][CH][CH]1)C(=O)O.[CH]1[CH][CH][CH][CH]1.[Fe+2]. The molecular formula is C25H27FeN3O2S+2. The Bertz CT molecular complexity index is 782. The molecule has 2 fully saturated rings. The van der Waals surface area contributed by atoms with Gasteiger partial charge in [0.1, 0.15) is 6.04 Å². The maximum atomic E-state index is 11.5. The fourth-order valence-electron chi connectivity index (χ4n) is 3.13. The number of carboxylic acids is 1. The van der Waals surface area contributed by atoms with E-state index in [0.29, 0.717) is 13.0 Å². The minimum absolute atomic E-state index is 0. The minimum atomic E-state index is -0.815. The summed E-state index contributed by atoms with van der Waals surface area (Å²) in [6, 6.07) is 9.35.